The van der Waals surface area contributed by atoms with Gasteiger partial charge in [0.2, 0.25) is 0 Å². The maximum absolute atomic E-state index is 13.6. The van der Waals surface area contributed by atoms with Crippen molar-refractivity contribution in [1.82, 2.24) is 9.55 Å². The molecule has 0 atom stereocenters. The maximum Gasteiger partial charge on any atom is 0.263 e. The zero-order chi connectivity index (χ0) is 18.3. The minimum atomic E-state index is -0.258. The van der Waals surface area contributed by atoms with Gasteiger partial charge in [0, 0.05) is 16.0 Å². The predicted molar refractivity (Wildman–Crippen MR) is 105 cm³/mol. The van der Waals surface area contributed by atoms with Gasteiger partial charge in [-0.25, -0.2) is 9.37 Å². The van der Waals surface area contributed by atoms with Gasteiger partial charge in [-0.2, -0.15) is 0 Å². The van der Waals surface area contributed by atoms with Crippen LogP contribution in [0.2, 0.25) is 5.02 Å². The summed E-state index contributed by atoms with van der Waals surface area (Å²) in [6.45, 7) is 2.13. The van der Waals surface area contributed by atoms with E-state index in [1.165, 1.54) is 17.4 Å². The van der Waals surface area contributed by atoms with Gasteiger partial charge in [0.05, 0.1) is 18.3 Å². The third-order valence-corrected chi connectivity index (χ3v) is 5.43. The summed E-state index contributed by atoms with van der Waals surface area (Å²) in [5.41, 5.74) is 3.01. The van der Waals surface area contributed by atoms with E-state index in [0.717, 1.165) is 16.7 Å². The lowest BCUT2D eigenvalue weighted by Gasteiger charge is -2.07. The molecule has 0 N–H and O–H groups in total. The summed E-state index contributed by atoms with van der Waals surface area (Å²) in [7, 11) is 0. The Kier molecular flexibility index (Phi) is 4.34. The van der Waals surface area contributed by atoms with Crippen molar-refractivity contribution in [3.8, 4) is 11.1 Å². The van der Waals surface area contributed by atoms with Crippen molar-refractivity contribution in [3.05, 3.63) is 86.5 Å². The Balaban J connectivity index is 1.82. The number of aromatic nitrogens is 2. The van der Waals surface area contributed by atoms with Crippen molar-refractivity contribution in [2.75, 3.05) is 0 Å². The SMILES string of the molecule is Cc1cc(-c2csc3ncn(Cc4ccc(Cl)cc4)c(=O)c23)ccc1F. The third-order valence-electron chi connectivity index (χ3n) is 4.30. The monoisotopic (exact) mass is 384 g/mol. The van der Waals surface area contributed by atoms with Crippen LogP contribution in [0.25, 0.3) is 21.3 Å². The molecule has 0 aliphatic carbocycles. The maximum atomic E-state index is 13.6. The average molecular weight is 385 g/mol. The highest BCUT2D eigenvalue weighted by Gasteiger charge is 2.14. The first-order valence-electron chi connectivity index (χ1n) is 8.00. The van der Waals surface area contributed by atoms with E-state index in [1.807, 2.05) is 17.5 Å². The summed E-state index contributed by atoms with van der Waals surface area (Å²) < 4.78 is 15.2. The summed E-state index contributed by atoms with van der Waals surface area (Å²) >= 11 is 7.33. The van der Waals surface area contributed by atoms with E-state index in [0.29, 0.717) is 27.3 Å². The Hall–Kier alpha value is -2.50. The first kappa shape index (κ1) is 16.9. The lowest BCUT2D eigenvalue weighted by atomic mass is 10.0. The zero-order valence-electron chi connectivity index (χ0n) is 13.9. The Morgan fingerprint density at radius 3 is 2.69 bits per heavy atom. The molecule has 0 unspecified atom stereocenters. The quantitative estimate of drug-likeness (QED) is 0.482. The first-order chi connectivity index (χ1) is 12.5. The fourth-order valence-corrected chi connectivity index (χ4v) is 3.92. The number of hydrogen-bond donors (Lipinski definition) is 0. The molecule has 2 aromatic carbocycles. The Morgan fingerprint density at radius 2 is 1.96 bits per heavy atom. The Labute approximate surface area is 158 Å². The van der Waals surface area contributed by atoms with Crippen LogP contribution in [-0.2, 0) is 6.54 Å². The van der Waals surface area contributed by atoms with Crippen molar-refractivity contribution >= 4 is 33.2 Å². The molecular formula is C20H14ClFN2OS. The molecule has 130 valence electrons. The van der Waals surface area contributed by atoms with Gasteiger partial charge in [-0.1, -0.05) is 29.8 Å². The van der Waals surface area contributed by atoms with Gasteiger partial charge >= 0.3 is 0 Å². The second-order valence-corrected chi connectivity index (χ2v) is 7.39. The molecule has 26 heavy (non-hydrogen) atoms. The highest BCUT2D eigenvalue weighted by Crippen LogP contribution is 2.31. The number of aryl methyl sites for hydroxylation is 1. The van der Waals surface area contributed by atoms with Crippen LogP contribution < -0.4 is 5.56 Å². The molecule has 4 aromatic rings. The summed E-state index contributed by atoms with van der Waals surface area (Å²) in [4.78, 5) is 18.1. The molecule has 6 heteroatoms. The smallest absolute Gasteiger partial charge is 0.263 e. The van der Waals surface area contributed by atoms with E-state index >= 15 is 0 Å². The van der Waals surface area contributed by atoms with Crippen LogP contribution in [0.1, 0.15) is 11.1 Å². The van der Waals surface area contributed by atoms with Gasteiger partial charge in [0.1, 0.15) is 10.6 Å². The first-order valence-corrected chi connectivity index (χ1v) is 9.26. The molecule has 0 saturated heterocycles. The van der Waals surface area contributed by atoms with E-state index in [1.54, 1.807) is 42.1 Å². The molecular weight excluding hydrogens is 371 g/mol. The lowest BCUT2D eigenvalue weighted by molar-refractivity contribution is 0.619. The van der Waals surface area contributed by atoms with Gasteiger partial charge in [0.25, 0.3) is 5.56 Å². The Morgan fingerprint density at radius 1 is 1.19 bits per heavy atom. The standard InChI is InChI=1S/C20H14ClFN2OS/c1-12-8-14(4-7-17(12)22)16-10-26-19-18(16)20(25)24(11-23-19)9-13-2-5-15(21)6-3-13/h2-8,10-11H,9H2,1H3. The number of thiophene rings is 1. The van der Waals surface area contributed by atoms with Crippen LogP contribution in [0, 0.1) is 12.7 Å². The van der Waals surface area contributed by atoms with E-state index in [4.69, 9.17) is 11.6 Å². The van der Waals surface area contributed by atoms with Crippen LogP contribution in [-0.4, -0.2) is 9.55 Å². The molecule has 0 spiro atoms. The summed E-state index contributed by atoms with van der Waals surface area (Å²) in [6, 6.07) is 12.2. The highest BCUT2D eigenvalue weighted by molar-refractivity contribution is 7.17. The molecule has 0 radical (unpaired) electrons. The third kappa shape index (κ3) is 3.04. The van der Waals surface area contributed by atoms with Gasteiger partial charge in [0.15, 0.2) is 0 Å². The topological polar surface area (TPSA) is 34.9 Å². The van der Waals surface area contributed by atoms with E-state index < -0.39 is 0 Å². The van der Waals surface area contributed by atoms with Gasteiger partial charge < -0.3 is 0 Å². The van der Waals surface area contributed by atoms with E-state index in [-0.39, 0.29) is 11.4 Å². The highest BCUT2D eigenvalue weighted by atomic mass is 35.5. The minimum Gasteiger partial charge on any atom is -0.294 e. The van der Waals surface area contributed by atoms with Gasteiger partial charge in [-0.05, 0) is 47.9 Å². The van der Waals surface area contributed by atoms with Crippen molar-refractivity contribution in [3.63, 3.8) is 0 Å². The molecule has 0 saturated carbocycles. The predicted octanol–water partition coefficient (Wildman–Crippen LogP) is 5.27. The molecule has 0 aliphatic heterocycles. The van der Waals surface area contributed by atoms with Crippen LogP contribution in [0.4, 0.5) is 4.39 Å². The molecule has 0 fully saturated rings. The second-order valence-electron chi connectivity index (χ2n) is 6.10. The summed E-state index contributed by atoms with van der Waals surface area (Å²) in [5.74, 6) is -0.258. The molecule has 0 aliphatic rings. The van der Waals surface area contributed by atoms with E-state index in [9.17, 15) is 9.18 Å². The molecule has 0 amide bonds. The van der Waals surface area contributed by atoms with Gasteiger partial charge in [-0.15, -0.1) is 11.3 Å². The fraction of sp³-hybridized carbons (Fsp3) is 0.100. The normalized spacial score (nSPS) is 11.2. The van der Waals surface area contributed by atoms with Gasteiger partial charge in [-0.3, -0.25) is 9.36 Å². The summed E-state index contributed by atoms with van der Waals surface area (Å²) in [5, 5.41) is 3.12. The summed E-state index contributed by atoms with van der Waals surface area (Å²) in [6.07, 6.45) is 1.56. The number of rotatable bonds is 3. The van der Waals surface area contributed by atoms with Crippen molar-refractivity contribution in [2.45, 2.75) is 13.5 Å². The van der Waals surface area contributed by atoms with Crippen LogP contribution in [0.15, 0.2) is 59.0 Å². The molecule has 2 heterocycles. The number of nitrogens with zero attached hydrogens (tertiary/aromatic N) is 2. The average Bonchev–Trinajstić information content (AvgIpc) is 3.06. The number of fused-ring (bicyclic) bond motifs is 1. The fourth-order valence-electron chi connectivity index (χ4n) is 2.89. The molecule has 3 nitrogen and oxygen atoms in total. The van der Waals surface area contributed by atoms with Crippen molar-refractivity contribution in [1.29, 1.82) is 0 Å². The molecule has 4 rings (SSSR count). The van der Waals surface area contributed by atoms with Crippen LogP contribution >= 0.6 is 22.9 Å². The van der Waals surface area contributed by atoms with Crippen molar-refractivity contribution in [2.24, 2.45) is 0 Å². The number of halogens is 2. The molecule has 0 bridgehead atoms. The zero-order valence-corrected chi connectivity index (χ0v) is 15.4. The van der Waals surface area contributed by atoms with Crippen molar-refractivity contribution < 1.29 is 4.39 Å². The number of benzene rings is 2. The van der Waals surface area contributed by atoms with Crippen LogP contribution in [0.3, 0.4) is 0 Å². The Bertz CT molecular complexity index is 1160. The number of hydrogen-bond acceptors (Lipinski definition) is 3. The molecule has 2 aromatic heterocycles. The minimum absolute atomic E-state index is 0.108. The lowest BCUT2D eigenvalue weighted by Crippen LogP contribution is -2.20. The van der Waals surface area contributed by atoms with E-state index in [2.05, 4.69) is 4.98 Å². The van der Waals surface area contributed by atoms with Crippen LogP contribution in [0.5, 0.6) is 0 Å². The second kappa shape index (κ2) is 6.67. The largest absolute Gasteiger partial charge is 0.294 e.